The lowest BCUT2D eigenvalue weighted by atomic mass is 10.1. The van der Waals surface area contributed by atoms with Crippen LogP contribution in [0.2, 0.25) is 0 Å². The van der Waals surface area contributed by atoms with Crippen molar-refractivity contribution >= 4 is 27.3 Å². The highest BCUT2D eigenvalue weighted by atomic mass is 79.9. The van der Waals surface area contributed by atoms with Gasteiger partial charge in [-0.25, -0.2) is 0 Å². The SMILES string of the molecule is CCCCCCCCOc1ccc(-c2ccsc2Br)cc1. The number of rotatable bonds is 9. The first-order valence-corrected chi connectivity index (χ1v) is 9.44. The fourth-order valence-electron chi connectivity index (χ4n) is 2.30. The molecule has 0 unspecified atom stereocenters. The van der Waals surface area contributed by atoms with E-state index >= 15 is 0 Å². The second-order valence-electron chi connectivity index (χ2n) is 5.25. The van der Waals surface area contributed by atoms with Gasteiger partial charge in [0.05, 0.1) is 10.4 Å². The van der Waals surface area contributed by atoms with Crippen LogP contribution in [0.1, 0.15) is 45.4 Å². The topological polar surface area (TPSA) is 9.23 Å². The minimum absolute atomic E-state index is 0.827. The van der Waals surface area contributed by atoms with Gasteiger partial charge in [-0.15, -0.1) is 11.3 Å². The number of benzene rings is 1. The molecule has 0 spiro atoms. The van der Waals surface area contributed by atoms with Crippen LogP contribution in [0.25, 0.3) is 11.1 Å². The number of unbranched alkanes of at least 4 members (excludes halogenated alkanes) is 5. The molecule has 0 aliphatic heterocycles. The highest BCUT2D eigenvalue weighted by Crippen LogP contribution is 2.33. The normalized spacial score (nSPS) is 10.8. The largest absolute Gasteiger partial charge is 0.494 e. The van der Waals surface area contributed by atoms with Gasteiger partial charge in [0, 0.05) is 5.56 Å². The maximum absolute atomic E-state index is 5.81. The summed E-state index contributed by atoms with van der Waals surface area (Å²) in [4.78, 5) is 0. The summed E-state index contributed by atoms with van der Waals surface area (Å²) in [5.74, 6) is 0.971. The van der Waals surface area contributed by atoms with Crippen LogP contribution in [0.3, 0.4) is 0 Å². The molecule has 114 valence electrons. The summed E-state index contributed by atoms with van der Waals surface area (Å²) in [5, 5.41) is 2.10. The lowest BCUT2D eigenvalue weighted by Crippen LogP contribution is -1.97. The molecule has 0 fully saturated rings. The van der Waals surface area contributed by atoms with Gasteiger partial charge in [-0.1, -0.05) is 51.2 Å². The molecule has 0 bridgehead atoms. The maximum Gasteiger partial charge on any atom is 0.119 e. The molecule has 1 nitrogen and oxygen atoms in total. The fourth-order valence-corrected chi connectivity index (χ4v) is 3.62. The van der Waals surface area contributed by atoms with E-state index in [0.717, 1.165) is 18.8 Å². The van der Waals surface area contributed by atoms with E-state index in [4.69, 9.17) is 4.74 Å². The minimum atomic E-state index is 0.827. The predicted molar refractivity (Wildman–Crippen MR) is 96.3 cm³/mol. The summed E-state index contributed by atoms with van der Waals surface area (Å²) in [6.07, 6.45) is 7.80. The van der Waals surface area contributed by atoms with Crippen LogP contribution in [0.4, 0.5) is 0 Å². The first-order chi connectivity index (χ1) is 10.3. The zero-order chi connectivity index (χ0) is 14.9. The van der Waals surface area contributed by atoms with Gasteiger partial charge >= 0.3 is 0 Å². The Kier molecular flexibility index (Phi) is 7.31. The summed E-state index contributed by atoms with van der Waals surface area (Å²) >= 11 is 5.30. The Labute approximate surface area is 140 Å². The quantitative estimate of drug-likeness (QED) is 0.437. The summed E-state index contributed by atoms with van der Waals surface area (Å²) < 4.78 is 6.99. The molecular weight excluding hydrogens is 344 g/mol. The van der Waals surface area contributed by atoms with Gasteiger partial charge in [-0.2, -0.15) is 0 Å². The number of hydrogen-bond acceptors (Lipinski definition) is 2. The number of halogens is 1. The third kappa shape index (κ3) is 5.48. The Hall–Kier alpha value is -0.800. The zero-order valence-electron chi connectivity index (χ0n) is 12.6. The molecule has 0 N–H and O–H groups in total. The van der Waals surface area contributed by atoms with Crippen LogP contribution in [0.5, 0.6) is 5.75 Å². The lowest BCUT2D eigenvalue weighted by Gasteiger charge is -2.07. The Balaban J connectivity index is 1.72. The van der Waals surface area contributed by atoms with Crippen molar-refractivity contribution in [3.05, 3.63) is 39.5 Å². The third-order valence-electron chi connectivity index (χ3n) is 3.55. The van der Waals surface area contributed by atoms with Crippen molar-refractivity contribution < 1.29 is 4.74 Å². The van der Waals surface area contributed by atoms with Crippen LogP contribution >= 0.6 is 27.3 Å². The summed E-state index contributed by atoms with van der Waals surface area (Å²) in [7, 11) is 0. The second kappa shape index (κ2) is 9.26. The van der Waals surface area contributed by atoms with Crippen LogP contribution in [0, 0.1) is 0 Å². The van der Waals surface area contributed by atoms with Crippen molar-refractivity contribution in [2.75, 3.05) is 6.61 Å². The molecule has 1 aromatic heterocycles. The molecule has 2 rings (SSSR count). The van der Waals surface area contributed by atoms with Gasteiger partial charge < -0.3 is 4.74 Å². The van der Waals surface area contributed by atoms with E-state index in [0.29, 0.717) is 0 Å². The third-order valence-corrected chi connectivity index (χ3v) is 5.24. The highest BCUT2D eigenvalue weighted by molar-refractivity contribution is 9.11. The number of hydrogen-bond donors (Lipinski definition) is 0. The van der Waals surface area contributed by atoms with Crippen LogP contribution in [-0.4, -0.2) is 6.61 Å². The summed E-state index contributed by atoms with van der Waals surface area (Å²) in [6, 6.07) is 10.5. The van der Waals surface area contributed by atoms with Crippen molar-refractivity contribution in [2.24, 2.45) is 0 Å². The van der Waals surface area contributed by atoms with E-state index in [2.05, 4.69) is 58.6 Å². The number of thiophene rings is 1. The molecule has 3 heteroatoms. The molecule has 2 aromatic rings. The van der Waals surface area contributed by atoms with Crippen molar-refractivity contribution in [2.45, 2.75) is 45.4 Å². The van der Waals surface area contributed by atoms with Crippen molar-refractivity contribution in [3.8, 4) is 16.9 Å². The van der Waals surface area contributed by atoms with E-state index in [-0.39, 0.29) is 0 Å². The average molecular weight is 367 g/mol. The smallest absolute Gasteiger partial charge is 0.119 e. The monoisotopic (exact) mass is 366 g/mol. The molecule has 0 amide bonds. The van der Waals surface area contributed by atoms with Crippen LogP contribution in [0.15, 0.2) is 39.5 Å². The van der Waals surface area contributed by atoms with Gasteiger partial charge in [0.15, 0.2) is 0 Å². The van der Waals surface area contributed by atoms with Gasteiger partial charge in [0.2, 0.25) is 0 Å². The van der Waals surface area contributed by atoms with E-state index in [1.54, 1.807) is 11.3 Å². The second-order valence-corrected chi connectivity index (χ2v) is 7.48. The number of ether oxygens (including phenoxy) is 1. The molecule has 0 saturated heterocycles. The Morgan fingerprint density at radius 1 is 0.952 bits per heavy atom. The molecule has 0 atom stereocenters. The molecule has 1 aromatic carbocycles. The van der Waals surface area contributed by atoms with Gasteiger partial charge in [0.25, 0.3) is 0 Å². The van der Waals surface area contributed by atoms with Gasteiger partial charge in [-0.05, 0) is 51.5 Å². The van der Waals surface area contributed by atoms with Crippen molar-refractivity contribution in [3.63, 3.8) is 0 Å². The Morgan fingerprint density at radius 3 is 2.33 bits per heavy atom. The Bertz CT molecular complexity index is 518. The summed E-state index contributed by atoms with van der Waals surface area (Å²) in [5.41, 5.74) is 2.48. The maximum atomic E-state index is 5.81. The molecule has 0 saturated carbocycles. The molecule has 1 heterocycles. The standard InChI is InChI=1S/C18H23BrOS/c1-2-3-4-5-6-7-13-20-16-10-8-15(9-11-16)17-12-14-21-18(17)19/h8-12,14H,2-7,13H2,1H3. The van der Waals surface area contributed by atoms with Gasteiger partial charge in [-0.3, -0.25) is 0 Å². The van der Waals surface area contributed by atoms with Crippen molar-refractivity contribution in [1.82, 2.24) is 0 Å². The fraction of sp³-hybridized carbons (Fsp3) is 0.444. The molecule has 0 aliphatic rings. The van der Waals surface area contributed by atoms with E-state index in [9.17, 15) is 0 Å². The lowest BCUT2D eigenvalue weighted by molar-refractivity contribution is 0.304. The van der Waals surface area contributed by atoms with E-state index in [1.165, 1.54) is 47.0 Å². The Morgan fingerprint density at radius 2 is 1.67 bits per heavy atom. The summed E-state index contributed by atoms with van der Waals surface area (Å²) in [6.45, 7) is 3.08. The van der Waals surface area contributed by atoms with E-state index in [1.807, 2.05) is 0 Å². The van der Waals surface area contributed by atoms with Gasteiger partial charge in [0.1, 0.15) is 5.75 Å². The van der Waals surface area contributed by atoms with E-state index < -0.39 is 0 Å². The first kappa shape index (κ1) is 16.6. The van der Waals surface area contributed by atoms with Crippen LogP contribution < -0.4 is 4.74 Å². The zero-order valence-corrected chi connectivity index (χ0v) is 15.0. The molecular formula is C18H23BrOS. The highest BCUT2D eigenvalue weighted by Gasteiger charge is 2.04. The van der Waals surface area contributed by atoms with Crippen molar-refractivity contribution in [1.29, 1.82) is 0 Å². The predicted octanol–water partition coefficient (Wildman–Crippen LogP) is 6.92. The molecule has 21 heavy (non-hydrogen) atoms. The average Bonchev–Trinajstić information content (AvgIpc) is 2.93. The minimum Gasteiger partial charge on any atom is -0.494 e. The molecule has 0 aliphatic carbocycles. The van der Waals surface area contributed by atoms with Crippen LogP contribution in [-0.2, 0) is 0 Å². The first-order valence-electron chi connectivity index (χ1n) is 7.77. The molecule has 0 radical (unpaired) electrons.